The van der Waals surface area contributed by atoms with E-state index >= 15 is 0 Å². The molecule has 1 N–H and O–H groups in total. The zero-order valence-corrected chi connectivity index (χ0v) is 12.1. The zero-order valence-electron chi connectivity index (χ0n) is 10.4. The fourth-order valence-corrected chi connectivity index (χ4v) is 4.39. The van der Waals surface area contributed by atoms with Crippen LogP contribution in [0.1, 0.15) is 36.3 Å². The van der Waals surface area contributed by atoms with Crippen LogP contribution >= 0.6 is 11.3 Å². The number of thiazole rings is 1. The van der Waals surface area contributed by atoms with E-state index in [1.807, 2.05) is 0 Å². The molecule has 0 amide bonds. The maximum absolute atomic E-state index is 11.5. The van der Waals surface area contributed by atoms with Crippen LogP contribution in [0.25, 0.3) is 10.2 Å². The van der Waals surface area contributed by atoms with Crippen LogP contribution in [0.15, 0.2) is 17.0 Å². The molecule has 19 heavy (non-hydrogen) atoms. The lowest BCUT2D eigenvalue weighted by Crippen LogP contribution is -2.04. The molecule has 2 aromatic rings. The summed E-state index contributed by atoms with van der Waals surface area (Å²) in [5, 5.41) is 1.06. The van der Waals surface area contributed by atoms with Crippen molar-refractivity contribution in [1.29, 1.82) is 0 Å². The third-order valence-corrected chi connectivity index (χ3v) is 5.53. The summed E-state index contributed by atoms with van der Waals surface area (Å²) in [7, 11) is -4.17. The van der Waals surface area contributed by atoms with Gasteiger partial charge in [-0.2, -0.15) is 8.42 Å². The van der Waals surface area contributed by atoms with Crippen LogP contribution in [-0.4, -0.2) is 18.0 Å². The second kappa shape index (κ2) is 4.85. The second-order valence-electron chi connectivity index (χ2n) is 4.89. The van der Waals surface area contributed by atoms with E-state index in [4.69, 9.17) is 0 Å². The van der Waals surface area contributed by atoms with E-state index < -0.39 is 10.1 Å². The van der Waals surface area contributed by atoms with Crippen LogP contribution in [-0.2, 0) is 23.0 Å². The zero-order chi connectivity index (χ0) is 13.5. The van der Waals surface area contributed by atoms with E-state index in [0.717, 1.165) is 47.3 Å². The van der Waals surface area contributed by atoms with Gasteiger partial charge in [0.2, 0.25) is 0 Å². The lowest BCUT2D eigenvalue weighted by atomic mass is 10.0. The van der Waals surface area contributed by atoms with Gasteiger partial charge in [-0.3, -0.25) is 4.55 Å². The fourth-order valence-electron chi connectivity index (χ4n) is 2.60. The summed E-state index contributed by atoms with van der Waals surface area (Å²) >= 11 is 1.63. The summed E-state index contributed by atoms with van der Waals surface area (Å²) in [6, 6.07) is 3.26. The van der Waals surface area contributed by atoms with Gasteiger partial charge in [0, 0.05) is 5.56 Å². The summed E-state index contributed by atoms with van der Waals surface area (Å²) < 4.78 is 33.3. The third kappa shape index (κ3) is 2.52. The topological polar surface area (TPSA) is 67.3 Å². The van der Waals surface area contributed by atoms with Gasteiger partial charge in [0.1, 0.15) is 0 Å². The largest absolute Gasteiger partial charge is 0.294 e. The fraction of sp³-hybridized carbons (Fsp3) is 0.462. The molecule has 0 aliphatic carbocycles. The highest BCUT2D eigenvalue weighted by Crippen LogP contribution is 2.32. The Balaban J connectivity index is 2.27. The molecular formula is C13H15NO3S2. The van der Waals surface area contributed by atoms with Gasteiger partial charge >= 0.3 is 0 Å². The molecule has 0 fully saturated rings. The van der Waals surface area contributed by atoms with E-state index in [2.05, 4.69) is 4.98 Å². The van der Waals surface area contributed by atoms with Gasteiger partial charge in [0.05, 0.1) is 20.1 Å². The highest BCUT2D eigenvalue weighted by Gasteiger charge is 2.20. The van der Waals surface area contributed by atoms with Gasteiger partial charge in [0.15, 0.2) is 0 Å². The van der Waals surface area contributed by atoms with Gasteiger partial charge in [0.25, 0.3) is 10.1 Å². The van der Waals surface area contributed by atoms with E-state index in [1.54, 1.807) is 17.4 Å². The molecule has 1 aliphatic heterocycles. The lowest BCUT2D eigenvalue weighted by Gasteiger charge is -2.09. The average Bonchev–Trinajstić information content (AvgIpc) is 2.75. The van der Waals surface area contributed by atoms with Gasteiger partial charge in [-0.1, -0.05) is 12.8 Å². The molecule has 1 aliphatic rings. The van der Waals surface area contributed by atoms with Crippen molar-refractivity contribution in [3.05, 3.63) is 22.7 Å². The molecule has 0 radical (unpaired) electrons. The first-order valence-electron chi connectivity index (χ1n) is 6.44. The molecule has 0 unspecified atom stereocenters. The Labute approximate surface area is 116 Å². The lowest BCUT2D eigenvalue weighted by molar-refractivity contribution is 0.482. The maximum atomic E-state index is 11.5. The van der Waals surface area contributed by atoms with Crippen molar-refractivity contribution < 1.29 is 13.0 Å². The molecule has 2 heterocycles. The number of rotatable bonds is 1. The van der Waals surface area contributed by atoms with Crippen LogP contribution in [0.3, 0.4) is 0 Å². The Morgan fingerprint density at radius 3 is 2.58 bits per heavy atom. The Hall–Kier alpha value is -0.980. The first-order valence-corrected chi connectivity index (χ1v) is 8.70. The molecule has 3 rings (SSSR count). The van der Waals surface area contributed by atoms with E-state index in [1.165, 1.54) is 6.07 Å². The molecule has 1 aromatic heterocycles. The maximum Gasteiger partial charge on any atom is 0.294 e. The monoisotopic (exact) mass is 297 g/mol. The molecule has 4 nitrogen and oxygen atoms in total. The number of hydrogen-bond donors (Lipinski definition) is 1. The van der Waals surface area contributed by atoms with Crippen molar-refractivity contribution in [2.75, 3.05) is 0 Å². The Morgan fingerprint density at radius 1 is 1.11 bits per heavy atom. The van der Waals surface area contributed by atoms with Gasteiger partial charge in [-0.25, -0.2) is 4.98 Å². The Bertz CT molecular complexity index is 719. The van der Waals surface area contributed by atoms with Crippen molar-refractivity contribution in [3.8, 4) is 0 Å². The van der Waals surface area contributed by atoms with Crippen molar-refractivity contribution in [2.24, 2.45) is 0 Å². The molecule has 1 aromatic carbocycles. The molecule has 0 atom stereocenters. The average molecular weight is 297 g/mol. The number of fused-ring (bicyclic) bond motifs is 1. The minimum Gasteiger partial charge on any atom is -0.282 e. The molecule has 2 bridgehead atoms. The summed E-state index contributed by atoms with van der Waals surface area (Å²) in [5.41, 5.74) is 1.45. The van der Waals surface area contributed by atoms with Crippen molar-refractivity contribution in [2.45, 2.75) is 43.4 Å². The van der Waals surface area contributed by atoms with Crippen LogP contribution in [0.5, 0.6) is 0 Å². The number of hydrogen-bond acceptors (Lipinski definition) is 4. The predicted octanol–water partition coefficient (Wildman–Crippen LogP) is 3.20. The van der Waals surface area contributed by atoms with Crippen LogP contribution in [0.2, 0.25) is 0 Å². The number of nitrogens with zero attached hydrogens (tertiary/aromatic N) is 1. The minimum atomic E-state index is -4.17. The highest BCUT2D eigenvalue weighted by atomic mass is 32.2. The van der Waals surface area contributed by atoms with Crippen molar-refractivity contribution in [1.82, 2.24) is 4.98 Å². The smallest absolute Gasteiger partial charge is 0.282 e. The molecule has 102 valence electrons. The normalized spacial score (nSPS) is 16.9. The Morgan fingerprint density at radius 2 is 1.84 bits per heavy atom. The van der Waals surface area contributed by atoms with Gasteiger partial charge < -0.3 is 0 Å². The van der Waals surface area contributed by atoms with Crippen LogP contribution < -0.4 is 0 Å². The number of aromatic nitrogens is 1. The summed E-state index contributed by atoms with van der Waals surface area (Å²) in [5.74, 6) is 0. The molecule has 0 saturated carbocycles. The summed E-state index contributed by atoms with van der Waals surface area (Å²) in [6.07, 6.45) is 5.93. The van der Waals surface area contributed by atoms with E-state index in [0.29, 0.717) is 12.0 Å². The van der Waals surface area contributed by atoms with Gasteiger partial charge in [-0.15, -0.1) is 11.3 Å². The van der Waals surface area contributed by atoms with Crippen molar-refractivity contribution in [3.63, 3.8) is 0 Å². The minimum absolute atomic E-state index is 0.0254. The van der Waals surface area contributed by atoms with Crippen LogP contribution in [0, 0.1) is 0 Å². The number of aryl methyl sites for hydroxylation is 2. The molecule has 0 saturated heterocycles. The van der Waals surface area contributed by atoms with Crippen molar-refractivity contribution >= 4 is 31.7 Å². The summed E-state index contributed by atoms with van der Waals surface area (Å²) in [4.78, 5) is 4.60. The first kappa shape index (κ1) is 13.0. The SMILES string of the molecule is O=S(=O)(O)c1ccc2sc3nc2c1CCCCCC3. The highest BCUT2D eigenvalue weighted by molar-refractivity contribution is 7.85. The van der Waals surface area contributed by atoms with E-state index in [-0.39, 0.29) is 4.90 Å². The molecule has 6 heteroatoms. The van der Waals surface area contributed by atoms with Crippen LogP contribution in [0.4, 0.5) is 0 Å². The first-order chi connectivity index (χ1) is 9.05. The Kier molecular flexibility index (Phi) is 3.32. The second-order valence-corrected chi connectivity index (χ2v) is 7.39. The summed E-state index contributed by atoms with van der Waals surface area (Å²) in [6.45, 7) is 0. The van der Waals surface area contributed by atoms with E-state index in [9.17, 15) is 13.0 Å². The molecular weight excluding hydrogens is 282 g/mol. The molecule has 0 spiro atoms. The third-order valence-electron chi connectivity index (χ3n) is 3.51. The quantitative estimate of drug-likeness (QED) is 0.821. The van der Waals surface area contributed by atoms with Gasteiger partial charge in [-0.05, 0) is 37.8 Å². The predicted molar refractivity (Wildman–Crippen MR) is 75.3 cm³/mol. The standard InChI is InChI=1S/C13H15NO3S2/c15-19(16,17)11-8-7-10-13-9(11)5-3-1-2-4-6-12(14-13)18-10/h7-8H,1-6H2,(H,15,16,17). The number of benzene rings is 1.